The minimum atomic E-state index is 0.631. The number of rotatable bonds is 1. The molecular formula is C13H15N3. The predicted molar refractivity (Wildman–Crippen MR) is 62.2 cm³/mol. The van der Waals surface area contributed by atoms with Crippen molar-refractivity contribution in [2.75, 3.05) is 11.4 Å². The van der Waals surface area contributed by atoms with Gasteiger partial charge in [0.05, 0.1) is 5.56 Å². The van der Waals surface area contributed by atoms with Crippen LogP contribution in [0.1, 0.15) is 30.4 Å². The third kappa shape index (κ3) is 1.30. The van der Waals surface area contributed by atoms with Crippen molar-refractivity contribution in [2.24, 2.45) is 5.92 Å². The van der Waals surface area contributed by atoms with Crippen LogP contribution in [-0.4, -0.2) is 17.6 Å². The third-order valence-electron chi connectivity index (χ3n) is 3.93. The monoisotopic (exact) mass is 213 g/mol. The van der Waals surface area contributed by atoms with E-state index in [1.165, 1.54) is 19.3 Å². The van der Waals surface area contributed by atoms with Gasteiger partial charge in [0.1, 0.15) is 11.9 Å². The highest BCUT2D eigenvalue weighted by Crippen LogP contribution is 2.40. The summed E-state index contributed by atoms with van der Waals surface area (Å²) in [4.78, 5) is 6.76. The van der Waals surface area contributed by atoms with Crippen LogP contribution in [0, 0.1) is 24.2 Å². The van der Waals surface area contributed by atoms with Crippen LogP contribution < -0.4 is 4.90 Å². The maximum absolute atomic E-state index is 9.21. The van der Waals surface area contributed by atoms with Gasteiger partial charge in [0, 0.05) is 18.8 Å². The number of piperidine rings is 1. The summed E-state index contributed by atoms with van der Waals surface area (Å²) in [6.07, 6.45) is 5.73. The maximum Gasteiger partial charge on any atom is 0.147 e. The molecule has 3 nitrogen and oxygen atoms in total. The molecule has 2 fully saturated rings. The molecule has 1 aliphatic carbocycles. The van der Waals surface area contributed by atoms with Crippen molar-refractivity contribution in [1.82, 2.24) is 4.98 Å². The lowest BCUT2D eigenvalue weighted by atomic mass is 10.1. The molecule has 1 saturated carbocycles. The van der Waals surface area contributed by atoms with Crippen LogP contribution in [0.5, 0.6) is 0 Å². The summed E-state index contributed by atoms with van der Waals surface area (Å²) in [5.41, 5.74) is 1.80. The van der Waals surface area contributed by atoms with Gasteiger partial charge in [-0.2, -0.15) is 5.26 Å². The number of nitrogens with zero attached hydrogens (tertiary/aromatic N) is 3. The molecule has 16 heavy (non-hydrogen) atoms. The Morgan fingerprint density at radius 3 is 3.00 bits per heavy atom. The molecule has 1 aromatic rings. The van der Waals surface area contributed by atoms with E-state index in [2.05, 4.69) is 16.0 Å². The zero-order valence-electron chi connectivity index (χ0n) is 9.48. The highest BCUT2D eigenvalue weighted by molar-refractivity contribution is 5.58. The lowest BCUT2D eigenvalue weighted by molar-refractivity contribution is 0.550. The Morgan fingerprint density at radius 1 is 1.50 bits per heavy atom. The highest BCUT2D eigenvalue weighted by Gasteiger charge is 2.39. The molecule has 2 atom stereocenters. The maximum atomic E-state index is 9.21. The van der Waals surface area contributed by atoms with E-state index >= 15 is 0 Å². The average Bonchev–Trinajstić information content (AvgIpc) is 2.90. The molecule has 2 bridgehead atoms. The number of pyridine rings is 1. The molecule has 1 saturated heterocycles. The van der Waals surface area contributed by atoms with Crippen LogP contribution in [-0.2, 0) is 0 Å². The summed E-state index contributed by atoms with van der Waals surface area (Å²) in [5.74, 6) is 1.74. The van der Waals surface area contributed by atoms with Gasteiger partial charge in [-0.25, -0.2) is 4.98 Å². The van der Waals surface area contributed by atoms with E-state index in [1.807, 2.05) is 19.2 Å². The number of hydrogen-bond acceptors (Lipinski definition) is 3. The fourth-order valence-electron chi connectivity index (χ4n) is 3.08. The largest absolute Gasteiger partial charge is 0.352 e. The van der Waals surface area contributed by atoms with Crippen molar-refractivity contribution in [3.05, 3.63) is 23.4 Å². The second-order valence-corrected chi connectivity index (χ2v) is 4.92. The number of hydrogen-bond donors (Lipinski definition) is 0. The average molecular weight is 213 g/mol. The Hall–Kier alpha value is -1.56. The minimum absolute atomic E-state index is 0.631. The third-order valence-corrected chi connectivity index (χ3v) is 3.93. The molecule has 3 rings (SSSR count). The summed E-state index contributed by atoms with van der Waals surface area (Å²) in [6.45, 7) is 3.08. The Labute approximate surface area is 95.7 Å². The van der Waals surface area contributed by atoms with Crippen molar-refractivity contribution in [2.45, 2.75) is 32.2 Å². The lowest BCUT2D eigenvalue weighted by Crippen LogP contribution is -2.33. The van der Waals surface area contributed by atoms with Crippen molar-refractivity contribution in [1.29, 1.82) is 5.26 Å². The molecule has 0 radical (unpaired) electrons. The Bertz CT molecular complexity index is 461. The summed E-state index contributed by atoms with van der Waals surface area (Å²) in [6, 6.07) is 4.84. The minimum Gasteiger partial charge on any atom is -0.352 e. The van der Waals surface area contributed by atoms with Crippen molar-refractivity contribution < 1.29 is 0 Å². The smallest absolute Gasteiger partial charge is 0.147 e. The van der Waals surface area contributed by atoms with Crippen LogP contribution in [0.2, 0.25) is 0 Å². The molecular weight excluding hydrogens is 198 g/mol. The summed E-state index contributed by atoms with van der Waals surface area (Å²) in [5, 5.41) is 9.21. The molecule has 2 heterocycles. The van der Waals surface area contributed by atoms with Crippen LogP contribution in [0.15, 0.2) is 12.3 Å². The molecule has 2 aliphatic rings. The lowest BCUT2D eigenvalue weighted by Gasteiger charge is -2.28. The van der Waals surface area contributed by atoms with Gasteiger partial charge >= 0.3 is 0 Å². The van der Waals surface area contributed by atoms with E-state index < -0.39 is 0 Å². The molecule has 3 heteroatoms. The van der Waals surface area contributed by atoms with Gasteiger partial charge in [-0.15, -0.1) is 0 Å². The first kappa shape index (κ1) is 9.65. The van der Waals surface area contributed by atoms with Gasteiger partial charge in [-0.05, 0) is 43.7 Å². The number of aromatic nitrogens is 1. The normalized spacial score (nSPS) is 27.1. The zero-order valence-corrected chi connectivity index (χ0v) is 9.48. The standard InChI is InChI=1S/C13H15N3/c1-9-4-5-15-13(12(9)7-14)16-8-10-2-3-11(16)6-10/h4-5,10-11H,2-3,6,8H2,1H3. The molecule has 0 amide bonds. The van der Waals surface area contributed by atoms with E-state index in [9.17, 15) is 5.26 Å². The topological polar surface area (TPSA) is 39.9 Å². The fraction of sp³-hybridized carbons (Fsp3) is 0.538. The van der Waals surface area contributed by atoms with Crippen LogP contribution in [0.25, 0.3) is 0 Å². The quantitative estimate of drug-likeness (QED) is 0.718. The first-order valence-corrected chi connectivity index (χ1v) is 5.92. The van der Waals surface area contributed by atoms with Gasteiger partial charge in [0.15, 0.2) is 0 Å². The second-order valence-electron chi connectivity index (χ2n) is 4.92. The molecule has 0 spiro atoms. The number of fused-ring (bicyclic) bond motifs is 2. The molecule has 1 aliphatic heterocycles. The Morgan fingerprint density at radius 2 is 2.38 bits per heavy atom. The van der Waals surface area contributed by atoms with E-state index in [1.54, 1.807) is 0 Å². The molecule has 0 N–H and O–H groups in total. The van der Waals surface area contributed by atoms with Crippen molar-refractivity contribution >= 4 is 5.82 Å². The summed E-state index contributed by atoms with van der Waals surface area (Å²) < 4.78 is 0. The van der Waals surface area contributed by atoms with Crippen molar-refractivity contribution in [3.63, 3.8) is 0 Å². The highest BCUT2D eigenvalue weighted by atomic mass is 15.2. The van der Waals surface area contributed by atoms with E-state index in [0.29, 0.717) is 6.04 Å². The van der Waals surface area contributed by atoms with Gasteiger partial charge in [0.25, 0.3) is 0 Å². The molecule has 0 aromatic carbocycles. The van der Waals surface area contributed by atoms with E-state index in [0.717, 1.165) is 29.4 Å². The van der Waals surface area contributed by atoms with Gasteiger partial charge in [-0.1, -0.05) is 0 Å². The first-order valence-electron chi connectivity index (χ1n) is 5.92. The number of nitriles is 1. The van der Waals surface area contributed by atoms with Crippen LogP contribution in [0.3, 0.4) is 0 Å². The van der Waals surface area contributed by atoms with Crippen molar-refractivity contribution in [3.8, 4) is 6.07 Å². The molecule has 1 aromatic heterocycles. The molecule has 2 unspecified atom stereocenters. The molecule has 82 valence electrons. The summed E-state index contributed by atoms with van der Waals surface area (Å²) in [7, 11) is 0. The predicted octanol–water partition coefficient (Wildman–Crippen LogP) is 2.25. The second kappa shape index (κ2) is 3.48. The van der Waals surface area contributed by atoms with Gasteiger partial charge in [0.2, 0.25) is 0 Å². The van der Waals surface area contributed by atoms with Gasteiger partial charge < -0.3 is 4.90 Å². The van der Waals surface area contributed by atoms with E-state index in [4.69, 9.17) is 0 Å². The first-order chi connectivity index (χ1) is 7.79. The van der Waals surface area contributed by atoms with Crippen LogP contribution in [0.4, 0.5) is 5.82 Å². The zero-order chi connectivity index (χ0) is 11.1. The van der Waals surface area contributed by atoms with E-state index in [-0.39, 0.29) is 0 Å². The fourth-order valence-corrected chi connectivity index (χ4v) is 3.08. The Balaban J connectivity index is 2.01. The SMILES string of the molecule is Cc1ccnc(N2CC3CCC2C3)c1C#N. The number of aryl methyl sites for hydroxylation is 1. The summed E-state index contributed by atoms with van der Waals surface area (Å²) >= 11 is 0. The van der Waals surface area contributed by atoms with Gasteiger partial charge in [-0.3, -0.25) is 0 Å². The Kier molecular flexibility index (Phi) is 2.10. The van der Waals surface area contributed by atoms with Crippen LogP contribution >= 0.6 is 0 Å². The number of anilines is 1.